The number of aliphatic hydroxyl groups is 1. The van der Waals surface area contributed by atoms with Crippen LogP contribution in [0, 0.1) is 0 Å². The number of hydrogen-bond acceptors (Lipinski definition) is 5. The molecule has 1 atom stereocenters. The second-order valence-corrected chi connectivity index (χ2v) is 4.68. The first kappa shape index (κ1) is 13.7. The van der Waals surface area contributed by atoms with Crippen molar-refractivity contribution in [1.29, 1.82) is 0 Å². The highest BCUT2D eigenvalue weighted by Gasteiger charge is 2.13. The summed E-state index contributed by atoms with van der Waals surface area (Å²) in [5.41, 5.74) is 0.828. The molecule has 0 amide bonds. The maximum atomic E-state index is 9.31. The predicted octanol–water partition coefficient (Wildman–Crippen LogP) is 1.50. The average Bonchev–Trinajstić information content (AvgIpc) is 2.78. The standard InChI is InChI=1S/C13H21N5O/c1-4-6-11-16-12(15-9(5-2)8-19)10-7-14-18(3)13(10)17-11/h7,9,19H,4-6,8H2,1-3H3,(H,15,16,17)/t9-/m0/s1. The molecule has 0 bridgehead atoms. The zero-order chi connectivity index (χ0) is 13.8. The molecule has 19 heavy (non-hydrogen) atoms. The van der Waals surface area contributed by atoms with Crippen molar-refractivity contribution >= 4 is 16.9 Å². The first-order valence-corrected chi connectivity index (χ1v) is 6.75. The molecule has 0 fully saturated rings. The van der Waals surface area contributed by atoms with Crippen molar-refractivity contribution in [3.8, 4) is 0 Å². The van der Waals surface area contributed by atoms with E-state index in [0.29, 0.717) is 0 Å². The highest BCUT2D eigenvalue weighted by atomic mass is 16.3. The number of fused-ring (bicyclic) bond motifs is 1. The molecular weight excluding hydrogens is 242 g/mol. The van der Waals surface area contributed by atoms with Crippen LogP contribution in [0.1, 0.15) is 32.5 Å². The number of nitrogens with one attached hydrogen (secondary N) is 1. The Kier molecular flexibility index (Phi) is 4.31. The Morgan fingerprint density at radius 3 is 2.79 bits per heavy atom. The van der Waals surface area contributed by atoms with Gasteiger partial charge in [0, 0.05) is 13.5 Å². The molecule has 0 unspecified atom stereocenters. The highest BCUT2D eigenvalue weighted by Crippen LogP contribution is 2.21. The second kappa shape index (κ2) is 5.97. The Balaban J connectivity index is 2.44. The third kappa shape index (κ3) is 2.84. The first-order chi connectivity index (χ1) is 9.19. The van der Waals surface area contributed by atoms with Crippen molar-refractivity contribution in [1.82, 2.24) is 19.7 Å². The molecule has 2 aromatic heterocycles. The van der Waals surface area contributed by atoms with E-state index in [4.69, 9.17) is 0 Å². The quantitative estimate of drug-likeness (QED) is 0.826. The summed E-state index contributed by atoms with van der Waals surface area (Å²) in [6.07, 6.45) is 4.44. The molecule has 0 aliphatic rings. The summed E-state index contributed by atoms with van der Waals surface area (Å²) < 4.78 is 1.75. The van der Waals surface area contributed by atoms with Crippen molar-refractivity contribution in [3.63, 3.8) is 0 Å². The van der Waals surface area contributed by atoms with Crippen LogP contribution in [0.4, 0.5) is 5.82 Å². The smallest absolute Gasteiger partial charge is 0.163 e. The van der Waals surface area contributed by atoms with Gasteiger partial charge in [-0.3, -0.25) is 4.68 Å². The number of aliphatic hydroxyl groups excluding tert-OH is 1. The van der Waals surface area contributed by atoms with E-state index < -0.39 is 0 Å². The Labute approximate surface area is 112 Å². The van der Waals surface area contributed by atoms with Gasteiger partial charge >= 0.3 is 0 Å². The molecule has 0 spiro atoms. The number of aromatic nitrogens is 4. The van der Waals surface area contributed by atoms with Crippen molar-refractivity contribution in [2.24, 2.45) is 7.05 Å². The molecule has 2 N–H and O–H groups in total. The fourth-order valence-corrected chi connectivity index (χ4v) is 1.98. The Bertz CT molecular complexity index is 547. The molecule has 2 heterocycles. The van der Waals surface area contributed by atoms with Crippen molar-refractivity contribution < 1.29 is 5.11 Å². The summed E-state index contributed by atoms with van der Waals surface area (Å²) in [5.74, 6) is 1.58. The van der Waals surface area contributed by atoms with Crippen molar-refractivity contribution in [2.75, 3.05) is 11.9 Å². The van der Waals surface area contributed by atoms with E-state index in [2.05, 4.69) is 27.3 Å². The summed E-state index contributed by atoms with van der Waals surface area (Å²) in [6, 6.07) is 0.00721. The lowest BCUT2D eigenvalue weighted by molar-refractivity contribution is 0.271. The molecule has 2 rings (SSSR count). The lowest BCUT2D eigenvalue weighted by atomic mass is 10.2. The van der Waals surface area contributed by atoms with Crippen molar-refractivity contribution in [2.45, 2.75) is 39.2 Å². The van der Waals surface area contributed by atoms with Crippen LogP contribution in [0.25, 0.3) is 11.0 Å². The molecule has 6 heteroatoms. The zero-order valence-electron chi connectivity index (χ0n) is 11.7. The lowest BCUT2D eigenvalue weighted by Crippen LogP contribution is -2.23. The normalized spacial score (nSPS) is 12.8. The molecule has 0 saturated heterocycles. The average molecular weight is 263 g/mol. The minimum Gasteiger partial charge on any atom is -0.394 e. The maximum Gasteiger partial charge on any atom is 0.163 e. The summed E-state index contributed by atoms with van der Waals surface area (Å²) in [6.45, 7) is 4.22. The lowest BCUT2D eigenvalue weighted by Gasteiger charge is -2.15. The number of nitrogens with zero attached hydrogens (tertiary/aromatic N) is 4. The summed E-state index contributed by atoms with van der Waals surface area (Å²) in [5, 5.41) is 17.7. The fourth-order valence-electron chi connectivity index (χ4n) is 1.98. The minimum absolute atomic E-state index is 0.00721. The summed E-state index contributed by atoms with van der Waals surface area (Å²) >= 11 is 0. The van der Waals surface area contributed by atoms with Gasteiger partial charge in [0.2, 0.25) is 0 Å². The summed E-state index contributed by atoms with van der Waals surface area (Å²) in [4.78, 5) is 9.08. The van der Waals surface area contributed by atoms with Crippen LogP contribution in [0.15, 0.2) is 6.20 Å². The van der Waals surface area contributed by atoms with Crippen LogP contribution >= 0.6 is 0 Å². The minimum atomic E-state index is 0.00721. The molecule has 2 aromatic rings. The van der Waals surface area contributed by atoms with Crippen LogP contribution in [-0.2, 0) is 13.5 Å². The predicted molar refractivity (Wildman–Crippen MR) is 75.1 cm³/mol. The number of rotatable bonds is 6. The molecule has 104 valence electrons. The van der Waals surface area contributed by atoms with Gasteiger partial charge in [0.05, 0.1) is 24.2 Å². The van der Waals surface area contributed by atoms with Gasteiger partial charge < -0.3 is 10.4 Å². The van der Waals surface area contributed by atoms with E-state index in [1.807, 2.05) is 14.0 Å². The second-order valence-electron chi connectivity index (χ2n) is 4.68. The zero-order valence-corrected chi connectivity index (χ0v) is 11.7. The van der Waals surface area contributed by atoms with E-state index in [9.17, 15) is 5.11 Å². The molecule has 0 aromatic carbocycles. The topological polar surface area (TPSA) is 75.9 Å². The van der Waals surface area contributed by atoms with Crippen LogP contribution in [-0.4, -0.2) is 37.5 Å². The highest BCUT2D eigenvalue weighted by molar-refractivity contribution is 5.86. The van der Waals surface area contributed by atoms with Gasteiger partial charge in [-0.05, 0) is 12.8 Å². The molecule has 0 aliphatic heterocycles. The Morgan fingerprint density at radius 2 is 2.16 bits per heavy atom. The van der Waals surface area contributed by atoms with Gasteiger partial charge in [-0.15, -0.1) is 0 Å². The van der Waals surface area contributed by atoms with Crippen LogP contribution in [0.3, 0.4) is 0 Å². The van der Waals surface area contributed by atoms with E-state index in [-0.39, 0.29) is 12.6 Å². The number of aryl methyl sites for hydroxylation is 2. The van der Waals surface area contributed by atoms with Crippen molar-refractivity contribution in [3.05, 3.63) is 12.0 Å². The molecule has 0 aliphatic carbocycles. The third-order valence-corrected chi connectivity index (χ3v) is 3.17. The Hall–Kier alpha value is -1.69. The molecule has 6 nitrogen and oxygen atoms in total. The molecule has 0 radical (unpaired) electrons. The number of anilines is 1. The van der Waals surface area contributed by atoms with Gasteiger partial charge in [0.25, 0.3) is 0 Å². The van der Waals surface area contributed by atoms with E-state index in [0.717, 1.165) is 41.9 Å². The largest absolute Gasteiger partial charge is 0.394 e. The first-order valence-electron chi connectivity index (χ1n) is 6.75. The fraction of sp³-hybridized carbons (Fsp3) is 0.615. The van der Waals surface area contributed by atoms with Crippen LogP contribution in [0.2, 0.25) is 0 Å². The monoisotopic (exact) mass is 263 g/mol. The Morgan fingerprint density at radius 1 is 1.37 bits per heavy atom. The molecular formula is C13H21N5O. The SMILES string of the molecule is CCCc1nc(N[C@@H](CC)CO)c2cnn(C)c2n1. The van der Waals surface area contributed by atoms with Gasteiger partial charge in [0.1, 0.15) is 11.6 Å². The molecule has 0 saturated carbocycles. The summed E-state index contributed by atoms with van der Waals surface area (Å²) in [7, 11) is 1.87. The van der Waals surface area contributed by atoms with Crippen LogP contribution < -0.4 is 5.32 Å². The van der Waals surface area contributed by atoms with E-state index in [1.54, 1.807) is 10.9 Å². The van der Waals surface area contributed by atoms with E-state index in [1.165, 1.54) is 0 Å². The third-order valence-electron chi connectivity index (χ3n) is 3.17. The van der Waals surface area contributed by atoms with Gasteiger partial charge in [-0.1, -0.05) is 13.8 Å². The van der Waals surface area contributed by atoms with Gasteiger partial charge in [-0.25, -0.2) is 9.97 Å². The van der Waals surface area contributed by atoms with E-state index >= 15 is 0 Å². The van der Waals surface area contributed by atoms with Gasteiger partial charge in [0.15, 0.2) is 5.65 Å². The van der Waals surface area contributed by atoms with Crippen LogP contribution in [0.5, 0.6) is 0 Å². The number of hydrogen-bond donors (Lipinski definition) is 2. The van der Waals surface area contributed by atoms with Gasteiger partial charge in [-0.2, -0.15) is 5.10 Å². The maximum absolute atomic E-state index is 9.31.